The van der Waals surface area contributed by atoms with E-state index in [4.69, 9.17) is 0 Å². The van der Waals surface area contributed by atoms with Crippen molar-refractivity contribution in [1.29, 1.82) is 0 Å². The fraction of sp³-hybridized carbons (Fsp3) is 0.250. The molecule has 2 aromatic heterocycles. The Morgan fingerprint density at radius 2 is 1.59 bits per heavy atom. The van der Waals surface area contributed by atoms with Gasteiger partial charge in [0.05, 0.1) is 5.39 Å². The minimum absolute atomic E-state index is 0.223. The number of aromatic nitrogens is 2. The number of aryl methyl sites for hydroxylation is 3. The average molecular weight is 458 g/mol. The van der Waals surface area contributed by atoms with Gasteiger partial charge in [-0.3, -0.25) is 0 Å². The maximum atomic E-state index is 12.3. The minimum Gasteiger partial charge on any atom is -0.406 e. The number of alkyl halides is 3. The summed E-state index contributed by atoms with van der Waals surface area (Å²) in [6, 6.07) is 16.1. The Labute approximate surface area is 188 Å². The molecule has 0 spiro atoms. The second-order valence-electron chi connectivity index (χ2n) is 7.49. The summed E-state index contributed by atoms with van der Waals surface area (Å²) >= 11 is 1.67. The molecule has 8 heteroatoms. The maximum Gasteiger partial charge on any atom is 0.573 e. The molecule has 2 heterocycles. The summed E-state index contributed by atoms with van der Waals surface area (Å²) in [6.07, 6.45) is -2.84. The Balaban J connectivity index is 1.32. The second kappa shape index (κ2) is 9.16. The van der Waals surface area contributed by atoms with Crippen LogP contribution in [0.2, 0.25) is 0 Å². The number of nitrogens with zero attached hydrogens (tertiary/aromatic N) is 2. The van der Waals surface area contributed by atoms with Gasteiger partial charge in [0.2, 0.25) is 0 Å². The van der Waals surface area contributed by atoms with Crippen molar-refractivity contribution in [3.05, 3.63) is 70.9 Å². The molecule has 4 aromatic rings. The van der Waals surface area contributed by atoms with Gasteiger partial charge in [-0.05, 0) is 61.6 Å². The lowest BCUT2D eigenvalue weighted by Gasteiger charge is -2.10. The van der Waals surface area contributed by atoms with Crippen LogP contribution < -0.4 is 10.1 Å². The van der Waals surface area contributed by atoms with E-state index in [-0.39, 0.29) is 5.75 Å². The number of benzene rings is 2. The average Bonchev–Trinajstić information content (AvgIpc) is 3.11. The largest absolute Gasteiger partial charge is 0.573 e. The molecule has 2 aromatic carbocycles. The van der Waals surface area contributed by atoms with Crippen molar-refractivity contribution in [2.45, 2.75) is 33.1 Å². The smallest absolute Gasteiger partial charge is 0.406 e. The van der Waals surface area contributed by atoms with E-state index >= 15 is 0 Å². The molecule has 0 fully saturated rings. The van der Waals surface area contributed by atoms with Gasteiger partial charge in [-0.25, -0.2) is 9.97 Å². The number of halogens is 3. The van der Waals surface area contributed by atoms with Gasteiger partial charge in [-0.15, -0.1) is 24.5 Å². The highest BCUT2D eigenvalue weighted by Crippen LogP contribution is 2.29. The third kappa shape index (κ3) is 5.56. The normalized spacial score (nSPS) is 11.7. The zero-order valence-corrected chi connectivity index (χ0v) is 18.5. The number of nitrogens with one attached hydrogen (secondary N) is 1. The van der Waals surface area contributed by atoms with Gasteiger partial charge in [0.1, 0.15) is 22.2 Å². The van der Waals surface area contributed by atoms with Crippen molar-refractivity contribution in [2.75, 3.05) is 11.9 Å². The van der Waals surface area contributed by atoms with E-state index in [0.717, 1.165) is 52.4 Å². The lowest BCUT2D eigenvalue weighted by molar-refractivity contribution is -0.274. The van der Waals surface area contributed by atoms with Crippen LogP contribution in [-0.2, 0) is 6.42 Å². The fourth-order valence-electron chi connectivity index (χ4n) is 3.50. The van der Waals surface area contributed by atoms with Crippen LogP contribution >= 0.6 is 11.3 Å². The Morgan fingerprint density at radius 3 is 2.25 bits per heavy atom. The summed E-state index contributed by atoms with van der Waals surface area (Å²) in [7, 11) is 0. The molecule has 0 aliphatic heterocycles. The first-order valence-corrected chi connectivity index (χ1v) is 11.0. The predicted octanol–water partition coefficient (Wildman–Crippen LogP) is 6.92. The fourth-order valence-corrected chi connectivity index (χ4v) is 4.42. The lowest BCUT2D eigenvalue weighted by atomic mass is 10.0. The van der Waals surface area contributed by atoms with Gasteiger partial charge in [0, 0.05) is 11.4 Å². The molecule has 0 aliphatic carbocycles. The minimum atomic E-state index is -4.68. The SMILES string of the molecule is Cc1nc(NCCCc2ccc(-c3ccc(OC(F)(F)F)cc3)cc2)c2cc(C)sc2n1. The number of fused-ring (bicyclic) bond motifs is 1. The first-order valence-electron chi connectivity index (χ1n) is 10.2. The van der Waals surface area contributed by atoms with E-state index in [1.165, 1.54) is 22.6 Å². The summed E-state index contributed by atoms with van der Waals surface area (Å²) in [5, 5.41) is 4.50. The molecule has 4 nitrogen and oxygen atoms in total. The quantitative estimate of drug-likeness (QED) is 0.306. The molecule has 0 radical (unpaired) electrons. The molecule has 0 bridgehead atoms. The van der Waals surface area contributed by atoms with Gasteiger partial charge < -0.3 is 10.1 Å². The molecule has 0 amide bonds. The molecular weight excluding hydrogens is 435 g/mol. The highest BCUT2D eigenvalue weighted by atomic mass is 32.1. The van der Waals surface area contributed by atoms with Gasteiger partial charge in [0.25, 0.3) is 0 Å². The van der Waals surface area contributed by atoms with Crippen molar-refractivity contribution in [2.24, 2.45) is 0 Å². The standard InChI is InChI=1S/C24H22F3N3OS/c1-15-14-21-22(29-16(2)30-23(21)32-15)28-13-3-4-17-5-7-18(8-6-17)19-9-11-20(12-10-19)31-24(25,26)27/h5-12,14H,3-4,13H2,1-2H3,(H,28,29,30). The molecular formula is C24H22F3N3OS. The number of anilines is 1. The molecule has 0 aliphatic rings. The second-order valence-corrected chi connectivity index (χ2v) is 8.73. The van der Waals surface area contributed by atoms with E-state index in [0.29, 0.717) is 0 Å². The molecule has 1 N–H and O–H groups in total. The van der Waals surface area contributed by atoms with Crippen molar-refractivity contribution < 1.29 is 17.9 Å². The zero-order chi connectivity index (χ0) is 22.7. The van der Waals surface area contributed by atoms with Crippen LogP contribution in [0.4, 0.5) is 19.0 Å². The van der Waals surface area contributed by atoms with Crippen LogP contribution in [0.25, 0.3) is 21.3 Å². The maximum absolute atomic E-state index is 12.3. The Bertz CT molecular complexity index is 1200. The van der Waals surface area contributed by atoms with E-state index < -0.39 is 6.36 Å². The van der Waals surface area contributed by atoms with Gasteiger partial charge in [0.15, 0.2) is 0 Å². The number of thiophene rings is 1. The van der Waals surface area contributed by atoms with E-state index in [1.807, 2.05) is 31.2 Å². The molecule has 0 saturated heterocycles. The third-order valence-corrected chi connectivity index (χ3v) is 5.88. The monoisotopic (exact) mass is 457 g/mol. The van der Waals surface area contributed by atoms with Crippen molar-refractivity contribution in [3.63, 3.8) is 0 Å². The summed E-state index contributed by atoms with van der Waals surface area (Å²) in [5.41, 5.74) is 2.97. The molecule has 0 atom stereocenters. The molecule has 166 valence electrons. The van der Waals surface area contributed by atoms with Crippen molar-refractivity contribution in [3.8, 4) is 16.9 Å². The van der Waals surface area contributed by atoms with E-state index in [2.05, 4.69) is 33.0 Å². The first kappa shape index (κ1) is 22.1. The number of hydrogen-bond acceptors (Lipinski definition) is 5. The van der Waals surface area contributed by atoms with Crippen LogP contribution in [0.1, 0.15) is 22.7 Å². The van der Waals surface area contributed by atoms with E-state index in [9.17, 15) is 13.2 Å². The highest BCUT2D eigenvalue weighted by molar-refractivity contribution is 7.18. The Kier molecular flexibility index (Phi) is 6.32. The van der Waals surface area contributed by atoms with Gasteiger partial charge in [-0.2, -0.15) is 0 Å². The number of rotatable bonds is 7. The number of ether oxygens (including phenoxy) is 1. The summed E-state index contributed by atoms with van der Waals surface area (Å²) in [4.78, 5) is 11.3. The van der Waals surface area contributed by atoms with Crippen LogP contribution in [-0.4, -0.2) is 22.9 Å². The topological polar surface area (TPSA) is 47.0 Å². The van der Waals surface area contributed by atoms with Gasteiger partial charge in [-0.1, -0.05) is 36.4 Å². The summed E-state index contributed by atoms with van der Waals surface area (Å²) < 4.78 is 40.8. The number of hydrogen-bond donors (Lipinski definition) is 1. The zero-order valence-electron chi connectivity index (χ0n) is 17.7. The van der Waals surface area contributed by atoms with Crippen LogP contribution in [0.5, 0.6) is 5.75 Å². The molecule has 0 saturated carbocycles. The van der Waals surface area contributed by atoms with Gasteiger partial charge >= 0.3 is 6.36 Å². The summed E-state index contributed by atoms with van der Waals surface area (Å²) in [6.45, 7) is 4.76. The Hall–Kier alpha value is -3.13. The predicted molar refractivity (Wildman–Crippen MR) is 122 cm³/mol. The third-order valence-electron chi connectivity index (χ3n) is 4.94. The molecule has 32 heavy (non-hydrogen) atoms. The first-order chi connectivity index (χ1) is 15.3. The van der Waals surface area contributed by atoms with Crippen LogP contribution in [0, 0.1) is 13.8 Å². The van der Waals surface area contributed by atoms with Crippen molar-refractivity contribution >= 4 is 27.4 Å². The molecule has 4 rings (SSSR count). The van der Waals surface area contributed by atoms with Crippen LogP contribution in [0.15, 0.2) is 54.6 Å². The van der Waals surface area contributed by atoms with Crippen molar-refractivity contribution in [1.82, 2.24) is 9.97 Å². The summed E-state index contributed by atoms with van der Waals surface area (Å²) in [5.74, 6) is 1.42. The Morgan fingerprint density at radius 1 is 0.938 bits per heavy atom. The van der Waals surface area contributed by atoms with E-state index in [1.54, 1.807) is 23.5 Å². The lowest BCUT2D eigenvalue weighted by Crippen LogP contribution is -2.16. The molecule has 0 unspecified atom stereocenters. The van der Waals surface area contributed by atoms with Crippen LogP contribution in [0.3, 0.4) is 0 Å². The highest BCUT2D eigenvalue weighted by Gasteiger charge is 2.30.